The van der Waals surface area contributed by atoms with Gasteiger partial charge in [-0.25, -0.2) is 4.79 Å². The van der Waals surface area contributed by atoms with Crippen LogP contribution >= 0.6 is 0 Å². The molecule has 2 atom stereocenters. The fourth-order valence-corrected chi connectivity index (χ4v) is 2.07. The van der Waals surface area contributed by atoms with E-state index in [0.717, 1.165) is 0 Å². The second kappa shape index (κ2) is 4.78. The lowest BCUT2D eigenvalue weighted by atomic mass is 10.1. The Labute approximate surface area is 106 Å². The van der Waals surface area contributed by atoms with Crippen LogP contribution in [-0.2, 0) is 9.53 Å². The number of esters is 1. The Balaban J connectivity index is 2.30. The van der Waals surface area contributed by atoms with Crippen LogP contribution in [0.2, 0.25) is 0 Å². The molecule has 0 spiro atoms. The van der Waals surface area contributed by atoms with Crippen LogP contribution in [0, 0.1) is 5.92 Å². The normalized spacial score (nSPS) is 23.3. The zero-order valence-electron chi connectivity index (χ0n) is 10.4. The van der Waals surface area contributed by atoms with Crippen molar-refractivity contribution in [1.29, 1.82) is 0 Å². The summed E-state index contributed by atoms with van der Waals surface area (Å²) in [6, 6.07) is 6.35. The van der Waals surface area contributed by atoms with Crippen LogP contribution in [0.3, 0.4) is 0 Å². The lowest BCUT2D eigenvalue weighted by molar-refractivity contribution is -0.118. The number of benzene rings is 1. The van der Waals surface area contributed by atoms with Crippen molar-refractivity contribution in [3.05, 3.63) is 29.8 Å². The molecule has 18 heavy (non-hydrogen) atoms. The van der Waals surface area contributed by atoms with Gasteiger partial charge in [0.05, 0.1) is 18.7 Å². The molecule has 5 nitrogen and oxygen atoms in total. The topological polar surface area (TPSA) is 72.6 Å². The predicted octanol–water partition coefficient (Wildman–Crippen LogP) is 0.783. The third-order valence-electron chi connectivity index (χ3n) is 3.21. The van der Waals surface area contributed by atoms with E-state index in [1.54, 1.807) is 29.2 Å². The number of nitrogens with zero attached hydrogens (tertiary/aromatic N) is 1. The molecule has 0 bridgehead atoms. The summed E-state index contributed by atoms with van der Waals surface area (Å²) in [5.41, 5.74) is 6.90. The number of methoxy groups -OCH3 is 1. The summed E-state index contributed by atoms with van der Waals surface area (Å²) in [6.45, 7) is 2.51. The lowest BCUT2D eigenvalue weighted by Crippen LogP contribution is -2.35. The molecular formula is C13H16N2O3. The number of ether oxygens (including phenoxy) is 1. The minimum absolute atomic E-state index is 0.107. The van der Waals surface area contributed by atoms with E-state index in [-0.39, 0.29) is 11.8 Å². The Hall–Kier alpha value is -1.88. The van der Waals surface area contributed by atoms with Gasteiger partial charge in [-0.15, -0.1) is 0 Å². The average Bonchev–Trinajstić information content (AvgIpc) is 2.66. The molecule has 0 saturated carbocycles. The van der Waals surface area contributed by atoms with Gasteiger partial charge >= 0.3 is 5.97 Å². The third-order valence-corrected chi connectivity index (χ3v) is 3.21. The van der Waals surface area contributed by atoms with E-state index in [4.69, 9.17) is 5.73 Å². The first-order chi connectivity index (χ1) is 8.54. The molecule has 5 heteroatoms. The first-order valence-corrected chi connectivity index (χ1v) is 5.80. The van der Waals surface area contributed by atoms with Crippen LogP contribution in [0.15, 0.2) is 24.3 Å². The minimum atomic E-state index is -0.466. The molecule has 1 aromatic rings. The zero-order chi connectivity index (χ0) is 13.3. The number of carbonyl (C=O) groups excluding carboxylic acids is 2. The van der Waals surface area contributed by atoms with Gasteiger partial charge in [0.1, 0.15) is 0 Å². The summed E-state index contributed by atoms with van der Waals surface area (Å²) >= 11 is 0. The van der Waals surface area contributed by atoms with Gasteiger partial charge < -0.3 is 15.4 Å². The van der Waals surface area contributed by atoms with Crippen LogP contribution in [0.1, 0.15) is 17.3 Å². The van der Waals surface area contributed by atoms with E-state index >= 15 is 0 Å². The third kappa shape index (κ3) is 2.09. The van der Waals surface area contributed by atoms with Crippen LogP contribution in [0.4, 0.5) is 5.69 Å². The van der Waals surface area contributed by atoms with E-state index in [2.05, 4.69) is 4.74 Å². The zero-order valence-corrected chi connectivity index (χ0v) is 10.4. The molecular weight excluding hydrogens is 232 g/mol. The second-order valence-electron chi connectivity index (χ2n) is 4.49. The lowest BCUT2D eigenvalue weighted by Gasteiger charge is -2.16. The first kappa shape index (κ1) is 12.6. The van der Waals surface area contributed by atoms with Crippen molar-refractivity contribution in [1.82, 2.24) is 0 Å². The molecule has 1 aromatic carbocycles. The number of rotatable bonds is 2. The molecule has 96 valence electrons. The van der Waals surface area contributed by atoms with Crippen molar-refractivity contribution in [3.8, 4) is 0 Å². The SMILES string of the molecule is COC(=O)c1cccc(N2CC(C)C(N)C2=O)c1. The highest BCUT2D eigenvalue weighted by Crippen LogP contribution is 2.25. The maximum atomic E-state index is 12.0. The van der Waals surface area contributed by atoms with Gasteiger partial charge in [0.25, 0.3) is 0 Å². The van der Waals surface area contributed by atoms with Gasteiger partial charge in [-0.3, -0.25) is 4.79 Å². The molecule has 1 heterocycles. The fourth-order valence-electron chi connectivity index (χ4n) is 2.07. The first-order valence-electron chi connectivity index (χ1n) is 5.80. The molecule has 0 aromatic heterocycles. The molecule has 1 aliphatic heterocycles. The summed E-state index contributed by atoms with van der Waals surface area (Å²) in [5, 5.41) is 0. The molecule has 1 aliphatic rings. The molecule has 1 fully saturated rings. The fraction of sp³-hybridized carbons (Fsp3) is 0.385. The number of carbonyl (C=O) groups is 2. The number of nitrogens with two attached hydrogens (primary N) is 1. The van der Waals surface area contributed by atoms with Gasteiger partial charge in [-0.05, 0) is 24.1 Å². The van der Waals surface area contributed by atoms with Crippen LogP contribution < -0.4 is 10.6 Å². The monoisotopic (exact) mass is 248 g/mol. The highest BCUT2D eigenvalue weighted by molar-refractivity contribution is 6.00. The van der Waals surface area contributed by atoms with Gasteiger partial charge in [0.2, 0.25) is 5.91 Å². The summed E-state index contributed by atoms with van der Waals surface area (Å²) in [5.74, 6) is -0.412. The summed E-state index contributed by atoms with van der Waals surface area (Å²) in [6.07, 6.45) is 0. The summed E-state index contributed by atoms with van der Waals surface area (Å²) in [4.78, 5) is 25.0. The second-order valence-corrected chi connectivity index (χ2v) is 4.49. The number of amides is 1. The van der Waals surface area contributed by atoms with E-state index in [0.29, 0.717) is 17.8 Å². The largest absolute Gasteiger partial charge is 0.465 e. The maximum Gasteiger partial charge on any atom is 0.337 e. The van der Waals surface area contributed by atoms with Crippen molar-refractivity contribution in [2.45, 2.75) is 13.0 Å². The average molecular weight is 248 g/mol. The highest BCUT2D eigenvalue weighted by atomic mass is 16.5. The Morgan fingerprint density at radius 3 is 2.78 bits per heavy atom. The molecule has 0 aliphatic carbocycles. The smallest absolute Gasteiger partial charge is 0.337 e. The predicted molar refractivity (Wildman–Crippen MR) is 67.3 cm³/mol. The molecule has 2 rings (SSSR count). The van der Waals surface area contributed by atoms with Crippen molar-refractivity contribution < 1.29 is 14.3 Å². The van der Waals surface area contributed by atoms with Gasteiger partial charge in [-0.2, -0.15) is 0 Å². The maximum absolute atomic E-state index is 12.0. The number of hydrogen-bond acceptors (Lipinski definition) is 4. The van der Waals surface area contributed by atoms with Gasteiger partial charge in [0.15, 0.2) is 0 Å². The van der Waals surface area contributed by atoms with Crippen molar-refractivity contribution in [3.63, 3.8) is 0 Å². The van der Waals surface area contributed by atoms with Gasteiger partial charge in [0, 0.05) is 12.2 Å². The van der Waals surface area contributed by atoms with Crippen molar-refractivity contribution in [2.24, 2.45) is 11.7 Å². The van der Waals surface area contributed by atoms with Crippen LogP contribution in [0.25, 0.3) is 0 Å². The number of anilines is 1. The van der Waals surface area contributed by atoms with Crippen LogP contribution in [-0.4, -0.2) is 31.6 Å². The Kier molecular flexibility index (Phi) is 3.34. The van der Waals surface area contributed by atoms with E-state index in [1.807, 2.05) is 6.92 Å². The minimum Gasteiger partial charge on any atom is -0.465 e. The van der Waals surface area contributed by atoms with Crippen LogP contribution in [0.5, 0.6) is 0 Å². The van der Waals surface area contributed by atoms with E-state index in [1.165, 1.54) is 7.11 Å². The Bertz CT molecular complexity index is 487. The standard InChI is InChI=1S/C13H16N2O3/c1-8-7-15(12(16)11(8)14)10-5-3-4-9(6-10)13(17)18-2/h3-6,8,11H,7,14H2,1-2H3. The molecule has 0 radical (unpaired) electrons. The van der Waals surface area contributed by atoms with Crippen molar-refractivity contribution >= 4 is 17.6 Å². The molecule has 1 amide bonds. The molecule has 2 N–H and O–H groups in total. The molecule has 2 unspecified atom stereocenters. The molecule has 1 saturated heterocycles. The van der Waals surface area contributed by atoms with E-state index in [9.17, 15) is 9.59 Å². The van der Waals surface area contributed by atoms with Gasteiger partial charge in [-0.1, -0.05) is 13.0 Å². The summed E-state index contributed by atoms with van der Waals surface area (Å²) < 4.78 is 4.66. The van der Waals surface area contributed by atoms with Crippen molar-refractivity contribution in [2.75, 3.05) is 18.6 Å². The summed E-state index contributed by atoms with van der Waals surface area (Å²) in [7, 11) is 1.33. The highest BCUT2D eigenvalue weighted by Gasteiger charge is 2.35. The number of hydrogen-bond donors (Lipinski definition) is 1. The Morgan fingerprint density at radius 2 is 2.22 bits per heavy atom. The Morgan fingerprint density at radius 1 is 1.50 bits per heavy atom. The van der Waals surface area contributed by atoms with E-state index < -0.39 is 12.0 Å². The quantitative estimate of drug-likeness (QED) is 0.785.